The van der Waals surface area contributed by atoms with Crippen molar-refractivity contribution in [3.8, 4) is 0 Å². The van der Waals surface area contributed by atoms with E-state index in [-0.39, 0.29) is 18.5 Å². The summed E-state index contributed by atoms with van der Waals surface area (Å²) in [6.45, 7) is 1.88. The lowest BCUT2D eigenvalue weighted by molar-refractivity contribution is 0.270. The molecule has 0 saturated heterocycles. The van der Waals surface area contributed by atoms with E-state index in [1.54, 1.807) is 11.9 Å². The summed E-state index contributed by atoms with van der Waals surface area (Å²) >= 11 is 5.92. The van der Waals surface area contributed by atoms with Gasteiger partial charge in [-0.2, -0.15) is 0 Å². The lowest BCUT2D eigenvalue weighted by atomic mass is 10.3. The van der Waals surface area contributed by atoms with Gasteiger partial charge in [0.25, 0.3) is 0 Å². The van der Waals surface area contributed by atoms with Gasteiger partial charge >= 0.3 is 0 Å². The molecule has 0 aliphatic heterocycles. The van der Waals surface area contributed by atoms with E-state index >= 15 is 0 Å². The SMILES string of the molecule is C[C@@H](CO)N(C)c1ncnc(N)c1Cl. The van der Waals surface area contributed by atoms with Crippen LogP contribution in [0.15, 0.2) is 6.33 Å². The number of nitrogen functional groups attached to an aromatic ring is 1. The molecule has 0 aliphatic rings. The van der Waals surface area contributed by atoms with Crippen LogP contribution in [-0.2, 0) is 0 Å². The maximum atomic E-state index is 8.97. The van der Waals surface area contributed by atoms with Crippen LogP contribution in [0.3, 0.4) is 0 Å². The van der Waals surface area contributed by atoms with E-state index in [9.17, 15) is 0 Å². The lowest BCUT2D eigenvalue weighted by Gasteiger charge is -2.24. The topological polar surface area (TPSA) is 75.3 Å². The Labute approximate surface area is 87.5 Å². The smallest absolute Gasteiger partial charge is 0.153 e. The number of hydrogen-bond donors (Lipinski definition) is 2. The molecule has 0 unspecified atom stereocenters. The molecule has 0 amide bonds. The van der Waals surface area contributed by atoms with Crippen molar-refractivity contribution in [2.24, 2.45) is 0 Å². The minimum absolute atomic E-state index is 0.0245. The van der Waals surface area contributed by atoms with Gasteiger partial charge in [-0.15, -0.1) is 0 Å². The van der Waals surface area contributed by atoms with Crippen LogP contribution in [0.4, 0.5) is 11.6 Å². The molecular formula is C8H13ClN4O. The fourth-order valence-corrected chi connectivity index (χ4v) is 1.18. The summed E-state index contributed by atoms with van der Waals surface area (Å²) in [6.07, 6.45) is 1.34. The molecule has 0 spiro atoms. The highest BCUT2D eigenvalue weighted by atomic mass is 35.5. The van der Waals surface area contributed by atoms with Gasteiger partial charge in [-0.25, -0.2) is 9.97 Å². The molecule has 1 rings (SSSR count). The van der Waals surface area contributed by atoms with Crippen LogP contribution in [0.5, 0.6) is 0 Å². The largest absolute Gasteiger partial charge is 0.394 e. The molecule has 1 aromatic rings. The van der Waals surface area contributed by atoms with Gasteiger partial charge in [0.15, 0.2) is 5.82 Å². The molecule has 1 heterocycles. The Kier molecular flexibility index (Phi) is 3.49. The first-order valence-corrected chi connectivity index (χ1v) is 4.55. The number of anilines is 2. The standard InChI is InChI=1S/C8H13ClN4O/c1-5(3-14)13(2)8-6(9)7(10)11-4-12-8/h4-5,14H,3H2,1-2H3,(H2,10,11,12)/t5-/m0/s1. The molecule has 14 heavy (non-hydrogen) atoms. The molecule has 0 aromatic carbocycles. The maximum Gasteiger partial charge on any atom is 0.153 e. The van der Waals surface area contributed by atoms with Crippen LogP contribution in [0.2, 0.25) is 5.02 Å². The average molecular weight is 217 g/mol. The Balaban J connectivity index is 3.01. The molecule has 0 aliphatic carbocycles. The molecule has 78 valence electrons. The predicted molar refractivity (Wildman–Crippen MR) is 56.4 cm³/mol. The Bertz CT molecular complexity index is 320. The zero-order valence-electron chi connectivity index (χ0n) is 8.11. The first-order valence-electron chi connectivity index (χ1n) is 4.17. The average Bonchev–Trinajstić information content (AvgIpc) is 2.20. The number of hydrogen-bond acceptors (Lipinski definition) is 5. The van der Waals surface area contributed by atoms with Crippen molar-refractivity contribution in [2.75, 3.05) is 24.3 Å². The number of rotatable bonds is 3. The Morgan fingerprint density at radius 2 is 2.29 bits per heavy atom. The van der Waals surface area contributed by atoms with Gasteiger partial charge in [-0.3, -0.25) is 0 Å². The highest BCUT2D eigenvalue weighted by Gasteiger charge is 2.15. The molecule has 5 nitrogen and oxygen atoms in total. The normalized spacial score (nSPS) is 12.6. The van der Waals surface area contributed by atoms with E-state index in [1.807, 2.05) is 6.92 Å². The maximum absolute atomic E-state index is 8.97. The van der Waals surface area contributed by atoms with Crippen molar-refractivity contribution in [3.05, 3.63) is 11.3 Å². The van der Waals surface area contributed by atoms with Crippen molar-refractivity contribution < 1.29 is 5.11 Å². The molecule has 0 fully saturated rings. The van der Waals surface area contributed by atoms with Crippen molar-refractivity contribution in [2.45, 2.75) is 13.0 Å². The Hall–Kier alpha value is -1.07. The number of likely N-dealkylation sites (N-methyl/N-ethyl adjacent to an activating group) is 1. The van der Waals surface area contributed by atoms with Crippen LogP contribution < -0.4 is 10.6 Å². The summed E-state index contributed by atoms with van der Waals surface area (Å²) in [5, 5.41) is 9.28. The second kappa shape index (κ2) is 4.43. The number of halogens is 1. The Morgan fingerprint density at radius 3 is 2.86 bits per heavy atom. The monoisotopic (exact) mass is 216 g/mol. The van der Waals surface area contributed by atoms with E-state index in [1.165, 1.54) is 6.33 Å². The third-order valence-electron chi connectivity index (χ3n) is 2.06. The summed E-state index contributed by atoms with van der Waals surface area (Å²) in [6, 6.07) is -0.0678. The second-order valence-corrected chi connectivity index (χ2v) is 3.42. The predicted octanol–water partition coefficient (Wildman–Crippen LogP) is 0.529. The fraction of sp³-hybridized carbons (Fsp3) is 0.500. The summed E-state index contributed by atoms with van der Waals surface area (Å²) in [5.74, 6) is 0.773. The minimum atomic E-state index is -0.0678. The van der Waals surface area contributed by atoms with E-state index in [2.05, 4.69) is 9.97 Å². The summed E-state index contributed by atoms with van der Waals surface area (Å²) < 4.78 is 0. The molecule has 0 saturated carbocycles. The molecular weight excluding hydrogens is 204 g/mol. The third kappa shape index (κ3) is 2.05. The number of aliphatic hydroxyl groups is 1. The van der Waals surface area contributed by atoms with Crippen LogP contribution in [0, 0.1) is 0 Å². The zero-order chi connectivity index (χ0) is 10.7. The van der Waals surface area contributed by atoms with Crippen molar-refractivity contribution in [3.63, 3.8) is 0 Å². The highest BCUT2D eigenvalue weighted by molar-refractivity contribution is 6.35. The minimum Gasteiger partial charge on any atom is -0.394 e. The molecule has 0 bridgehead atoms. The number of aliphatic hydroxyl groups excluding tert-OH is 1. The highest BCUT2D eigenvalue weighted by Crippen LogP contribution is 2.26. The first kappa shape index (κ1) is 11.0. The Morgan fingerprint density at radius 1 is 1.64 bits per heavy atom. The van der Waals surface area contributed by atoms with E-state index in [4.69, 9.17) is 22.4 Å². The third-order valence-corrected chi connectivity index (χ3v) is 2.42. The van der Waals surface area contributed by atoms with Gasteiger partial charge in [-0.1, -0.05) is 11.6 Å². The quantitative estimate of drug-likeness (QED) is 0.771. The van der Waals surface area contributed by atoms with Gasteiger partial charge in [0.2, 0.25) is 0 Å². The number of nitrogens with two attached hydrogens (primary N) is 1. The van der Waals surface area contributed by atoms with Gasteiger partial charge in [-0.05, 0) is 6.92 Å². The van der Waals surface area contributed by atoms with E-state index < -0.39 is 0 Å². The van der Waals surface area contributed by atoms with Gasteiger partial charge < -0.3 is 15.7 Å². The summed E-state index contributed by atoms with van der Waals surface area (Å²) in [4.78, 5) is 9.50. The summed E-state index contributed by atoms with van der Waals surface area (Å²) in [5.41, 5.74) is 5.53. The van der Waals surface area contributed by atoms with Crippen LogP contribution in [0.1, 0.15) is 6.92 Å². The van der Waals surface area contributed by atoms with Crippen molar-refractivity contribution in [1.82, 2.24) is 9.97 Å². The zero-order valence-corrected chi connectivity index (χ0v) is 8.86. The fourth-order valence-electron chi connectivity index (χ4n) is 0.951. The second-order valence-electron chi connectivity index (χ2n) is 3.04. The molecule has 1 aromatic heterocycles. The summed E-state index contributed by atoms with van der Waals surface area (Å²) in [7, 11) is 1.79. The van der Waals surface area contributed by atoms with Gasteiger partial charge in [0.1, 0.15) is 17.2 Å². The van der Waals surface area contributed by atoms with Crippen molar-refractivity contribution in [1.29, 1.82) is 0 Å². The molecule has 1 atom stereocenters. The van der Waals surface area contributed by atoms with Crippen LogP contribution >= 0.6 is 11.6 Å². The number of aromatic nitrogens is 2. The molecule has 0 radical (unpaired) electrons. The van der Waals surface area contributed by atoms with Gasteiger partial charge in [0, 0.05) is 7.05 Å². The van der Waals surface area contributed by atoms with Gasteiger partial charge in [0.05, 0.1) is 12.6 Å². The molecule has 6 heteroatoms. The van der Waals surface area contributed by atoms with Crippen LogP contribution in [0.25, 0.3) is 0 Å². The van der Waals surface area contributed by atoms with E-state index in [0.29, 0.717) is 10.8 Å². The van der Waals surface area contributed by atoms with E-state index in [0.717, 1.165) is 0 Å². The first-order chi connectivity index (χ1) is 6.57. The molecule has 3 N–H and O–H groups in total. The lowest BCUT2D eigenvalue weighted by Crippen LogP contribution is -2.32. The van der Waals surface area contributed by atoms with Crippen molar-refractivity contribution >= 4 is 23.2 Å². The van der Waals surface area contributed by atoms with Crippen LogP contribution in [-0.4, -0.2) is 34.8 Å². The number of nitrogens with zero attached hydrogens (tertiary/aromatic N) is 3.